The van der Waals surface area contributed by atoms with Gasteiger partial charge >= 0.3 is 5.97 Å². The second-order valence-corrected chi connectivity index (χ2v) is 7.85. The molecule has 162 valence electrons. The summed E-state index contributed by atoms with van der Waals surface area (Å²) in [4.78, 5) is 34.6. The van der Waals surface area contributed by atoms with E-state index in [9.17, 15) is 9.59 Å². The van der Waals surface area contributed by atoms with Crippen LogP contribution in [0.25, 0.3) is 5.82 Å². The molecule has 4 heterocycles. The highest BCUT2D eigenvalue weighted by atomic mass is 32.1. The highest BCUT2D eigenvalue weighted by Crippen LogP contribution is 2.24. The van der Waals surface area contributed by atoms with Crippen LogP contribution >= 0.6 is 11.3 Å². The molecule has 1 aliphatic heterocycles. The van der Waals surface area contributed by atoms with Gasteiger partial charge in [-0.15, -0.1) is 21.5 Å². The number of anilines is 2. The molecule has 31 heavy (non-hydrogen) atoms. The molecule has 1 saturated heterocycles. The Kier molecular flexibility index (Phi) is 6.46. The van der Waals surface area contributed by atoms with Gasteiger partial charge in [0.2, 0.25) is 5.91 Å². The number of nitrogens with one attached hydrogen (secondary N) is 1. The minimum absolute atomic E-state index is 0.0890. The van der Waals surface area contributed by atoms with Crippen LogP contribution in [-0.2, 0) is 20.7 Å². The third-order valence-electron chi connectivity index (χ3n) is 4.82. The Morgan fingerprint density at radius 3 is 2.87 bits per heavy atom. The third-order valence-corrected chi connectivity index (χ3v) is 5.63. The van der Waals surface area contributed by atoms with E-state index >= 15 is 0 Å². The lowest BCUT2D eigenvalue weighted by atomic mass is 9.97. The first-order chi connectivity index (χ1) is 15.1. The highest BCUT2D eigenvalue weighted by molar-refractivity contribution is 7.13. The first kappa shape index (κ1) is 20.8. The molecule has 0 saturated carbocycles. The number of thiazole rings is 1. The van der Waals surface area contributed by atoms with E-state index in [0.717, 1.165) is 19.4 Å². The molecule has 0 aromatic carbocycles. The maximum Gasteiger partial charge on any atom is 0.311 e. The average molecular weight is 443 g/mol. The van der Waals surface area contributed by atoms with Gasteiger partial charge in [0.25, 0.3) is 0 Å². The molecular formula is C19H22N8O3S. The van der Waals surface area contributed by atoms with Crippen LogP contribution in [0.4, 0.5) is 10.9 Å². The van der Waals surface area contributed by atoms with E-state index in [1.807, 2.05) is 12.1 Å². The smallest absolute Gasteiger partial charge is 0.311 e. The first-order valence-electron chi connectivity index (χ1n) is 9.97. The summed E-state index contributed by atoms with van der Waals surface area (Å²) in [5.74, 6) is 0.684. The Morgan fingerprint density at radius 2 is 2.13 bits per heavy atom. The number of carbonyl (C=O) groups is 2. The molecule has 1 unspecified atom stereocenters. The zero-order valence-corrected chi connectivity index (χ0v) is 17.8. The van der Waals surface area contributed by atoms with Gasteiger partial charge in [-0.3, -0.25) is 9.59 Å². The monoisotopic (exact) mass is 442 g/mol. The third kappa shape index (κ3) is 5.20. The zero-order valence-electron chi connectivity index (χ0n) is 17.0. The van der Waals surface area contributed by atoms with Crippen LogP contribution in [-0.4, -0.2) is 61.5 Å². The predicted molar refractivity (Wildman–Crippen MR) is 113 cm³/mol. The molecule has 0 bridgehead atoms. The van der Waals surface area contributed by atoms with Crippen molar-refractivity contribution in [1.82, 2.24) is 29.9 Å². The van der Waals surface area contributed by atoms with Crippen LogP contribution in [0, 0.1) is 5.92 Å². The number of nitrogens with zero attached hydrogens (tertiary/aromatic N) is 7. The Morgan fingerprint density at radius 1 is 1.29 bits per heavy atom. The van der Waals surface area contributed by atoms with Gasteiger partial charge in [0.1, 0.15) is 12.7 Å². The minimum atomic E-state index is -0.329. The summed E-state index contributed by atoms with van der Waals surface area (Å²) in [6.07, 6.45) is 4.75. The van der Waals surface area contributed by atoms with Crippen molar-refractivity contribution < 1.29 is 14.3 Å². The molecule has 3 aromatic heterocycles. The molecule has 1 aliphatic rings. The van der Waals surface area contributed by atoms with Crippen molar-refractivity contribution in [1.29, 1.82) is 0 Å². The quantitative estimate of drug-likeness (QED) is 0.541. The summed E-state index contributed by atoms with van der Waals surface area (Å²) in [6, 6.07) is 3.69. The largest absolute Gasteiger partial charge is 0.466 e. The van der Waals surface area contributed by atoms with Gasteiger partial charge in [-0.2, -0.15) is 5.10 Å². The fourth-order valence-electron chi connectivity index (χ4n) is 3.35. The van der Waals surface area contributed by atoms with Crippen LogP contribution in [0.2, 0.25) is 0 Å². The van der Waals surface area contributed by atoms with Gasteiger partial charge < -0.3 is 15.0 Å². The van der Waals surface area contributed by atoms with Crippen LogP contribution in [0.1, 0.15) is 25.5 Å². The van der Waals surface area contributed by atoms with E-state index in [2.05, 4.69) is 35.5 Å². The van der Waals surface area contributed by atoms with Gasteiger partial charge in [-0.1, -0.05) is 0 Å². The summed E-state index contributed by atoms with van der Waals surface area (Å²) in [6.45, 7) is 3.44. The van der Waals surface area contributed by atoms with Gasteiger partial charge in [0.05, 0.1) is 24.6 Å². The number of aromatic nitrogens is 6. The highest BCUT2D eigenvalue weighted by Gasteiger charge is 2.27. The normalized spacial score (nSPS) is 16.2. The summed E-state index contributed by atoms with van der Waals surface area (Å²) in [5.41, 5.74) is 0.590. The zero-order chi connectivity index (χ0) is 21.6. The molecule has 0 spiro atoms. The number of rotatable bonds is 7. The summed E-state index contributed by atoms with van der Waals surface area (Å²) < 4.78 is 6.46. The molecule has 4 rings (SSSR count). The second-order valence-electron chi connectivity index (χ2n) is 6.99. The number of esters is 1. The van der Waals surface area contributed by atoms with Crippen molar-refractivity contribution in [2.24, 2.45) is 5.92 Å². The van der Waals surface area contributed by atoms with Gasteiger partial charge in [-0.25, -0.2) is 14.6 Å². The number of ether oxygens (including phenoxy) is 1. The number of amides is 1. The van der Waals surface area contributed by atoms with E-state index in [1.54, 1.807) is 18.6 Å². The molecule has 11 nitrogen and oxygen atoms in total. The summed E-state index contributed by atoms with van der Waals surface area (Å²) in [7, 11) is 0. The number of piperidine rings is 1. The molecule has 12 heteroatoms. The van der Waals surface area contributed by atoms with E-state index < -0.39 is 0 Å². The number of carbonyl (C=O) groups excluding carboxylic acids is 2. The van der Waals surface area contributed by atoms with Crippen molar-refractivity contribution in [3.05, 3.63) is 35.9 Å². The lowest BCUT2D eigenvalue weighted by molar-refractivity contribution is -0.142. The fraction of sp³-hybridized carbons (Fsp3) is 0.421. The molecular weight excluding hydrogens is 420 g/mol. The number of hydrogen-bond donors (Lipinski definition) is 1. The lowest BCUT2D eigenvalue weighted by Crippen LogP contribution is -2.41. The molecule has 3 aromatic rings. The summed E-state index contributed by atoms with van der Waals surface area (Å²) in [5, 5.41) is 17.6. The van der Waals surface area contributed by atoms with E-state index in [0.29, 0.717) is 35.6 Å². The van der Waals surface area contributed by atoms with Crippen molar-refractivity contribution in [3.63, 3.8) is 0 Å². The van der Waals surface area contributed by atoms with E-state index in [4.69, 9.17) is 4.74 Å². The van der Waals surface area contributed by atoms with E-state index in [-0.39, 0.29) is 24.2 Å². The Bertz CT molecular complexity index is 1020. The van der Waals surface area contributed by atoms with Gasteiger partial charge in [-0.05, 0) is 31.9 Å². The van der Waals surface area contributed by atoms with Crippen molar-refractivity contribution >= 4 is 34.2 Å². The van der Waals surface area contributed by atoms with Crippen LogP contribution in [0.15, 0.2) is 30.2 Å². The van der Waals surface area contributed by atoms with Gasteiger partial charge in [0, 0.05) is 18.5 Å². The van der Waals surface area contributed by atoms with Crippen LogP contribution in [0.5, 0.6) is 0 Å². The van der Waals surface area contributed by atoms with Crippen LogP contribution in [0.3, 0.4) is 0 Å². The SMILES string of the molecule is CCOC(=O)Cc1csc(NC(=O)C2CCCN(c3ccc(-n4cncn4)nn3)C2)n1. The standard InChI is InChI=1S/C19H22N8O3S/c1-2-30-17(28)8-14-10-31-19(22-14)23-18(29)13-4-3-7-26(9-13)15-5-6-16(25-24-15)27-12-20-11-21-27/h5-6,10-13H,2-4,7-9H2,1H3,(H,22,23,29). The van der Waals surface area contributed by atoms with Crippen molar-refractivity contribution in [3.8, 4) is 5.82 Å². The lowest BCUT2D eigenvalue weighted by Gasteiger charge is -2.32. The average Bonchev–Trinajstić information content (AvgIpc) is 3.47. The van der Waals surface area contributed by atoms with Crippen molar-refractivity contribution in [2.75, 3.05) is 29.9 Å². The minimum Gasteiger partial charge on any atom is -0.466 e. The Labute approximate surface area is 182 Å². The van der Waals surface area contributed by atoms with E-state index in [1.165, 1.54) is 22.3 Å². The van der Waals surface area contributed by atoms with Crippen LogP contribution < -0.4 is 10.2 Å². The Balaban J connectivity index is 1.34. The molecule has 1 N–H and O–H groups in total. The van der Waals surface area contributed by atoms with Gasteiger partial charge in [0.15, 0.2) is 16.8 Å². The number of hydrogen-bond acceptors (Lipinski definition) is 10. The molecule has 0 aliphatic carbocycles. The topological polar surface area (TPSA) is 128 Å². The fourth-order valence-corrected chi connectivity index (χ4v) is 4.06. The Hall–Kier alpha value is -3.41. The maximum atomic E-state index is 12.8. The maximum absolute atomic E-state index is 12.8. The first-order valence-corrected chi connectivity index (χ1v) is 10.8. The molecule has 1 amide bonds. The molecule has 1 fully saturated rings. The van der Waals surface area contributed by atoms with Crippen molar-refractivity contribution in [2.45, 2.75) is 26.2 Å². The predicted octanol–water partition coefficient (Wildman–Crippen LogP) is 1.47. The molecule has 0 radical (unpaired) electrons. The summed E-state index contributed by atoms with van der Waals surface area (Å²) >= 11 is 1.30. The molecule has 1 atom stereocenters. The second kappa shape index (κ2) is 9.60.